The molecule has 0 saturated carbocycles. The summed E-state index contributed by atoms with van der Waals surface area (Å²) in [6, 6.07) is 10.1. The van der Waals surface area contributed by atoms with Crippen LogP contribution in [0.4, 0.5) is 0 Å². The van der Waals surface area contributed by atoms with Gasteiger partial charge in [-0.1, -0.05) is 49.3 Å². The van der Waals surface area contributed by atoms with Gasteiger partial charge in [0.1, 0.15) is 0 Å². The monoisotopic (exact) mass is 327 g/mol. The van der Waals surface area contributed by atoms with E-state index in [2.05, 4.69) is 17.1 Å². The molecule has 1 saturated heterocycles. The smallest absolute Gasteiger partial charge is 0.230 e. The molecule has 1 aromatic carbocycles. The summed E-state index contributed by atoms with van der Waals surface area (Å²) in [5.74, 6) is 1.96. The Labute approximate surface area is 143 Å². The van der Waals surface area contributed by atoms with Crippen LogP contribution >= 0.6 is 0 Å². The fourth-order valence-corrected chi connectivity index (χ4v) is 3.38. The van der Waals surface area contributed by atoms with E-state index >= 15 is 0 Å². The summed E-state index contributed by atoms with van der Waals surface area (Å²) in [4.78, 5) is 19.3. The van der Waals surface area contributed by atoms with Crippen LogP contribution in [0.15, 0.2) is 34.9 Å². The highest BCUT2D eigenvalue weighted by Gasteiger charge is 2.30. The van der Waals surface area contributed by atoms with Gasteiger partial charge >= 0.3 is 0 Å². The van der Waals surface area contributed by atoms with Crippen molar-refractivity contribution in [3.05, 3.63) is 47.6 Å². The number of carbonyl (C=O) groups is 1. The lowest BCUT2D eigenvalue weighted by Gasteiger charge is -2.33. The van der Waals surface area contributed by atoms with E-state index < -0.39 is 0 Å². The number of likely N-dealkylation sites (tertiary alicyclic amines) is 1. The second kappa shape index (κ2) is 7.60. The van der Waals surface area contributed by atoms with E-state index in [1.54, 1.807) is 0 Å². The topological polar surface area (TPSA) is 59.2 Å². The summed E-state index contributed by atoms with van der Waals surface area (Å²) in [6.45, 7) is 5.62. The maximum atomic E-state index is 12.9. The van der Waals surface area contributed by atoms with Crippen molar-refractivity contribution >= 4 is 5.91 Å². The Morgan fingerprint density at radius 3 is 2.54 bits per heavy atom. The number of hydrogen-bond donors (Lipinski definition) is 0. The van der Waals surface area contributed by atoms with Crippen LogP contribution in [0.3, 0.4) is 0 Å². The van der Waals surface area contributed by atoms with Crippen molar-refractivity contribution in [1.82, 2.24) is 15.0 Å². The quantitative estimate of drug-likeness (QED) is 0.843. The summed E-state index contributed by atoms with van der Waals surface area (Å²) >= 11 is 0. The fourth-order valence-electron chi connectivity index (χ4n) is 3.38. The van der Waals surface area contributed by atoms with Crippen molar-refractivity contribution in [1.29, 1.82) is 0 Å². The van der Waals surface area contributed by atoms with Gasteiger partial charge in [0.25, 0.3) is 0 Å². The summed E-state index contributed by atoms with van der Waals surface area (Å²) in [5.41, 5.74) is 1.11. The van der Waals surface area contributed by atoms with E-state index in [0.29, 0.717) is 0 Å². The number of benzene rings is 1. The first-order chi connectivity index (χ1) is 11.7. The van der Waals surface area contributed by atoms with Crippen molar-refractivity contribution in [3.8, 4) is 0 Å². The molecular formula is C19H25N3O2. The molecule has 5 heteroatoms. The zero-order valence-corrected chi connectivity index (χ0v) is 14.4. The molecule has 0 unspecified atom stereocenters. The lowest BCUT2D eigenvalue weighted by molar-refractivity contribution is -0.134. The molecule has 1 fully saturated rings. The second-order valence-electron chi connectivity index (χ2n) is 6.37. The molecule has 2 aromatic rings. The molecule has 0 radical (unpaired) electrons. The molecule has 0 bridgehead atoms. The molecule has 3 rings (SSSR count). The summed E-state index contributed by atoms with van der Waals surface area (Å²) < 4.78 is 5.36. The van der Waals surface area contributed by atoms with Crippen LogP contribution in [0.25, 0.3) is 0 Å². The molecule has 1 atom stereocenters. The molecule has 1 aliphatic rings. The Morgan fingerprint density at radius 1 is 1.25 bits per heavy atom. The minimum absolute atomic E-state index is 0.0437. The van der Waals surface area contributed by atoms with Gasteiger partial charge in [0.15, 0.2) is 5.82 Å². The third-order valence-corrected chi connectivity index (χ3v) is 4.86. The average molecular weight is 327 g/mol. The van der Waals surface area contributed by atoms with E-state index in [4.69, 9.17) is 4.52 Å². The van der Waals surface area contributed by atoms with E-state index in [-0.39, 0.29) is 17.7 Å². The molecule has 5 nitrogen and oxygen atoms in total. The highest BCUT2D eigenvalue weighted by atomic mass is 16.5. The Hall–Kier alpha value is -2.17. The highest BCUT2D eigenvalue weighted by molar-refractivity contribution is 5.83. The van der Waals surface area contributed by atoms with Crippen LogP contribution in [0.5, 0.6) is 0 Å². The van der Waals surface area contributed by atoms with Gasteiger partial charge in [0, 0.05) is 25.4 Å². The molecule has 0 N–H and O–H groups in total. The third kappa shape index (κ3) is 3.50. The Bertz CT molecular complexity index is 660. The largest absolute Gasteiger partial charge is 0.342 e. The molecule has 128 valence electrons. The lowest BCUT2D eigenvalue weighted by atomic mass is 9.92. The van der Waals surface area contributed by atoms with Gasteiger partial charge in [-0.15, -0.1) is 0 Å². The zero-order valence-electron chi connectivity index (χ0n) is 14.4. The Morgan fingerprint density at radius 2 is 1.96 bits per heavy atom. The van der Waals surface area contributed by atoms with Crippen LogP contribution in [-0.4, -0.2) is 34.0 Å². The normalized spacial score (nSPS) is 17.0. The van der Waals surface area contributed by atoms with Gasteiger partial charge in [-0.2, -0.15) is 4.98 Å². The van der Waals surface area contributed by atoms with Crippen molar-refractivity contribution in [2.75, 3.05) is 13.1 Å². The number of rotatable bonds is 5. The van der Waals surface area contributed by atoms with E-state index in [1.807, 2.05) is 42.2 Å². The van der Waals surface area contributed by atoms with Gasteiger partial charge in [-0.3, -0.25) is 4.79 Å². The first-order valence-corrected chi connectivity index (χ1v) is 8.89. The molecule has 1 aromatic heterocycles. The minimum atomic E-state index is -0.0437. The molecule has 1 aliphatic heterocycles. The number of aryl methyl sites for hydroxylation is 1. The SMILES string of the molecule is CCc1noc(C2CCN(C(=O)[C@H](CC)c3ccccc3)CC2)n1. The van der Waals surface area contributed by atoms with Crippen molar-refractivity contribution in [3.63, 3.8) is 0 Å². The third-order valence-electron chi connectivity index (χ3n) is 4.86. The molecule has 1 amide bonds. The summed E-state index contributed by atoms with van der Waals surface area (Å²) in [5, 5.41) is 3.98. The van der Waals surface area contributed by atoms with Gasteiger partial charge in [0.2, 0.25) is 11.8 Å². The van der Waals surface area contributed by atoms with Gasteiger partial charge in [0.05, 0.1) is 5.92 Å². The van der Waals surface area contributed by atoms with Gasteiger partial charge < -0.3 is 9.42 Å². The van der Waals surface area contributed by atoms with Gasteiger partial charge in [-0.05, 0) is 24.8 Å². The van der Waals surface area contributed by atoms with Crippen LogP contribution in [0.1, 0.15) is 62.2 Å². The van der Waals surface area contributed by atoms with E-state index in [1.165, 1.54) is 0 Å². The number of nitrogens with zero attached hydrogens (tertiary/aromatic N) is 3. The van der Waals surface area contributed by atoms with Crippen molar-refractivity contribution in [2.45, 2.75) is 51.4 Å². The molecular weight excluding hydrogens is 302 g/mol. The average Bonchev–Trinajstić information content (AvgIpc) is 3.12. The number of piperidine rings is 1. The maximum Gasteiger partial charge on any atom is 0.230 e. The molecule has 0 spiro atoms. The number of hydrogen-bond acceptors (Lipinski definition) is 4. The van der Waals surface area contributed by atoms with Crippen molar-refractivity contribution in [2.24, 2.45) is 0 Å². The van der Waals surface area contributed by atoms with Crippen LogP contribution in [0.2, 0.25) is 0 Å². The lowest BCUT2D eigenvalue weighted by Crippen LogP contribution is -2.40. The predicted molar refractivity (Wildman–Crippen MR) is 91.7 cm³/mol. The number of amides is 1. The molecule has 0 aliphatic carbocycles. The van der Waals surface area contributed by atoms with E-state index in [0.717, 1.165) is 56.1 Å². The molecule has 2 heterocycles. The van der Waals surface area contributed by atoms with Crippen LogP contribution < -0.4 is 0 Å². The minimum Gasteiger partial charge on any atom is -0.342 e. The number of carbonyl (C=O) groups excluding carboxylic acids is 1. The summed E-state index contributed by atoms with van der Waals surface area (Å²) in [6.07, 6.45) is 3.40. The fraction of sp³-hybridized carbons (Fsp3) is 0.526. The first-order valence-electron chi connectivity index (χ1n) is 8.89. The Kier molecular flexibility index (Phi) is 5.28. The summed E-state index contributed by atoms with van der Waals surface area (Å²) in [7, 11) is 0. The number of aromatic nitrogens is 2. The second-order valence-corrected chi connectivity index (χ2v) is 6.37. The zero-order chi connectivity index (χ0) is 16.9. The van der Waals surface area contributed by atoms with E-state index in [9.17, 15) is 4.79 Å². The Balaban J connectivity index is 1.62. The maximum absolute atomic E-state index is 12.9. The van der Waals surface area contributed by atoms with Crippen LogP contribution in [-0.2, 0) is 11.2 Å². The standard InChI is InChI=1S/C19H25N3O2/c1-3-16(14-8-6-5-7-9-14)19(23)22-12-10-15(11-13-22)18-20-17(4-2)21-24-18/h5-9,15-16H,3-4,10-13H2,1-2H3/t16-/m1/s1. The first kappa shape index (κ1) is 16.7. The van der Waals surface area contributed by atoms with Crippen LogP contribution in [0, 0.1) is 0 Å². The predicted octanol–water partition coefficient (Wildman–Crippen LogP) is 3.53. The highest BCUT2D eigenvalue weighted by Crippen LogP contribution is 2.29. The van der Waals surface area contributed by atoms with Gasteiger partial charge in [-0.25, -0.2) is 0 Å². The molecule has 24 heavy (non-hydrogen) atoms. The van der Waals surface area contributed by atoms with Crippen molar-refractivity contribution < 1.29 is 9.32 Å².